The molecule has 1 aliphatic heterocycles. The van der Waals surface area contributed by atoms with Gasteiger partial charge in [0.15, 0.2) is 0 Å². The molecule has 0 saturated heterocycles. The number of hydrogen-bond acceptors (Lipinski definition) is 2. The summed E-state index contributed by atoms with van der Waals surface area (Å²) in [6, 6.07) is 1.98. The van der Waals surface area contributed by atoms with Gasteiger partial charge >= 0.3 is 0 Å². The third-order valence-electron chi connectivity index (χ3n) is 1.03. The molecule has 36 valence electrons. The van der Waals surface area contributed by atoms with Gasteiger partial charge in [0.2, 0.25) is 0 Å². The minimum Gasteiger partial charge on any atom is -0.263 e. The van der Waals surface area contributed by atoms with Crippen LogP contribution in [-0.2, 0) is 0 Å². The lowest BCUT2D eigenvalue weighted by Gasteiger charge is -1.87. The average molecular weight is 94.1 g/mol. The molecule has 0 aromatic carbocycles. The summed E-state index contributed by atoms with van der Waals surface area (Å²) >= 11 is 0. The monoisotopic (exact) mass is 94.1 g/mol. The Morgan fingerprint density at radius 2 is 2.14 bits per heavy atom. The van der Waals surface area contributed by atoms with Crippen LogP contribution in [0.15, 0.2) is 4.99 Å². The topological polar surface area (TPSA) is 36.1 Å². The second kappa shape index (κ2) is 0.865. The molecule has 0 fully saturated rings. The SMILES string of the molecule is CC1(C)N=C1C#N. The normalized spacial score (nSPS) is 22.7. The lowest BCUT2D eigenvalue weighted by atomic mass is 10.1. The maximum Gasteiger partial charge on any atom is 0.140 e. The number of hydrogen-bond donors (Lipinski definition) is 0. The van der Waals surface area contributed by atoms with Gasteiger partial charge < -0.3 is 0 Å². The first-order valence-electron chi connectivity index (χ1n) is 2.17. The molecule has 0 spiro atoms. The largest absolute Gasteiger partial charge is 0.263 e. The molecule has 0 N–H and O–H groups in total. The lowest BCUT2D eigenvalue weighted by Crippen LogP contribution is -2.04. The Bertz CT molecular complexity index is 159. The van der Waals surface area contributed by atoms with Gasteiger partial charge in [0.05, 0.1) is 0 Å². The molecule has 0 atom stereocenters. The summed E-state index contributed by atoms with van der Waals surface area (Å²) in [6.45, 7) is 3.84. The van der Waals surface area contributed by atoms with Gasteiger partial charge in [-0.2, -0.15) is 5.26 Å². The summed E-state index contributed by atoms with van der Waals surface area (Å²) < 4.78 is 0. The van der Waals surface area contributed by atoms with Crippen molar-refractivity contribution < 1.29 is 0 Å². The standard InChI is InChI=1S/C5H6N2/c1-5(2)4(3-6)7-5/h1-2H3. The molecule has 1 aliphatic rings. The Balaban J connectivity index is 2.61. The van der Waals surface area contributed by atoms with Crippen molar-refractivity contribution >= 4 is 5.71 Å². The molecule has 0 aromatic heterocycles. The molecular weight excluding hydrogens is 88.1 g/mol. The second-order valence-electron chi connectivity index (χ2n) is 2.13. The number of nitriles is 1. The van der Waals surface area contributed by atoms with Crippen LogP contribution in [0.1, 0.15) is 13.8 Å². The van der Waals surface area contributed by atoms with Crippen LogP contribution in [0.5, 0.6) is 0 Å². The minimum absolute atomic E-state index is 0.102. The predicted molar refractivity (Wildman–Crippen MR) is 27.1 cm³/mol. The highest BCUT2D eigenvalue weighted by atomic mass is 15.0. The van der Waals surface area contributed by atoms with Gasteiger partial charge in [-0.1, -0.05) is 0 Å². The summed E-state index contributed by atoms with van der Waals surface area (Å²) in [4.78, 5) is 3.86. The Hall–Kier alpha value is -0.840. The first-order valence-corrected chi connectivity index (χ1v) is 2.17. The summed E-state index contributed by atoms with van der Waals surface area (Å²) in [7, 11) is 0. The fourth-order valence-electron chi connectivity index (χ4n) is 0.413. The van der Waals surface area contributed by atoms with Crippen LogP contribution < -0.4 is 0 Å². The Labute approximate surface area is 42.5 Å². The van der Waals surface area contributed by atoms with Gasteiger partial charge in [-0.15, -0.1) is 0 Å². The van der Waals surface area contributed by atoms with E-state index in [1.54, 1.807) is 0 Å². The van der Waals surface area contributed by atoms with Crippen molar-refractivity contribution in [3.05, 3.63) is 0 Å². The van der Waals surface area contributed by atoms with E-state index in [0.717, 1.165) is 0 Å². The number of aliphatic imine (C=N–C) groups is 1. The van der Waals surface area contributed by atoms with Crippen LogP contribution in [0.2, 0.25) is 0 Å². The van der Waals surface area contributed by atoms with E-state index in [1.807, 2.05) is 19.9 Å². The summed E-state index contributed by atoms with van der Waals surface area (Å²) in [5.74, 6) is 0. The van der Waals surface area contributed by atoms with E-state index < -0.39 is 0 Å². The molecule has 0 unspecified atom stereocenters. The van der Waals surface area contributed by atoms with Crippen molar-refractivity contribution in [2.24, 2.45) is 4.99 Å². The van der Waals surface area contributed by atoms with Crippen molar-refractivity contribution in [1.29, 1.82) is 5.26 Å². The van der Waals surface area contributed by atoms with Crippen LogP contribution in [0.25, 0.3) is 0 Å². The minimum atomic E-state index is -0.102. The van der Waals surface area contributed by atoms with E-state index in [1.165, 1.54) is 0 Å². The van der Waals surface area contributed by atoms with Gasteiger partial charge in [-0.3, -0.25) is 4.99 Å². The number of rotatable bonds is 0. The molecule has 0 saturated carbocycles. The summed E-state index contributed by atoms with van der Waals surface area (Å²) in [6.07, 6.45) is 0. The Kier molecular flexibility index (Phi) is 0.534. The van der Waals surface area contributed by atoms with Crippen molar-refractivity contribution in [2.75, 3.05) is 0 Å². The smallest absolute Gasteiger partial charge is 0.140 e. The molecule has 7 heavy (non-hydrogen) atoms. The van der Waals surface area contributed by atoms with Crippen LogP contribution >= 0.6 is 0 Å². The van der Waals surface area contributed by atoms with Gasteiger partial charge in [0, 0.05) is 0 Å². The first kappa shape index (κ1) is 4.32. The molecular formula is C5H6N2. The molecule has 0 aromatic rings. The van der Waals surface area contributed by atoms with E-state index in [4.69, 9.17) is 5.26 Å². The lowest BCUT2D eigenvalue weighted by molar-refractivity contribution is 0.827. The van der Waals surface area contributed by atoms with E-state index in [-0.39, 0.29) is 5.54 Å². The molecule has 0 amide bonds. The summed E-state index contributed by atoms with van der Waals surface area (Å²) in [5, 5.41) is 8.16. The van der Waals surface area contributed by atoms with Gasteiger partial charge in [-0.25, -0.2) is 0 Å². The molecule has 2 heteroatoms. The third-order valence-corrected chi connectivity index (χ3v) is 1.03. The van der Waals surface area contributed by atoms with Crippen LogP contribution in [0.4, 0.5) is 0 Å². The molecule has 0 bridgehead atoms. The number of nitrogens with zero attached hydrogens (tertiary/aromatic N) is 2. The van der Waals surface area contributed by atoms with E-state index in [0.29, 0.717) is 5.71 Å². The van der Waals surface area contributed by atoms with Gasteiger partial charge in [-0.05, 0) is 13.8 Å². The van der Waals surface area contributed by atoms with Crippen LogP contribution in [-0.4, -0.2) is 11.3 Å². The van der Waals surface area contributed by atoms with E-state index in [9.17, 15) is 0 Å². The second-order valence-corrected chi connectivity index (χ2v) is 2.13. The van der Waals surface area contributed by atoms with E-state index >= 15 is 0 Å². The van der Waals surface area contributed by atoms with Crippen molar-refractivity contribution in [1.82, 2.24) is 0 Å². The predicted octanol–water partition coefficient (Wildman–Crippen LogP) is 0.743. The molecule has 0 radical (unpaired) electrons. The fraction of sp³-hybridized carbons (Fsp3) is 0.600. The Morgan fingerprint density at radius 3 is 2.14 bits per heavy atom. The third kappa shape index (κ3) is 0.499. The zero-order valence-corrected chi connectivity index (χ0v) is 4.39. The van der Waals surface area contributed by atoms with Crippen molar-refractivity contribution in [3.8, 4) is 6.07 Å². The average Bonchev–Trinajstić information content (AvgIpc) is 2.13. The maximum absolute atomic E-state index is 8.16. The summed E-state index contributed by atoms with van der Waals surface area (Å²) in [5.41, 5.74) is 0.571. The van der Waals surface area contributed by atoms with Crippen LogP contribution in [0.3, 0.4) is 0 Å². The zero-order chi connectivity index (χ0) is 5.49. The molecule has 2 nitrogen and oxygen atoms in total. The van der Waals surface area contributed by atoms with E-state index in [2.05, 4.69) is 4.99 Å². The van der Waals surface area contributed by atoms with Crippen molar-refractivity contribution in [2.45, 2.75) is 19.4 Å². The fourth-order valence-corrected chi connectivity index (χ4v) is 0.413. The zero-order valence-electron chi connectivity index (χ0n) is 4.39. The highest BCUT2D eigenvalue weighted by molar-refractivity contribution is 6.15. The first-order chi connectivity index (χ1) is 3.17. The molecule has 1 heterocycles. The molecule has 0 aliphatic carbocycles. The molecule has 1 rings (SSSR count). The van der Waals surface area contributed by atoms with Gasteiger partial charge in [0.25, 0.3) is 0 Å². The highest BCUT2D eigenvalue weighted by Crippen LogP contribution is 2.24. The van der Waals surface area contributed by atoms with Crippen molar-refractivity contribution in [3.63, 3.8) is 0 Å². The maximum atomic E-state index is 8.16. The highest BCUT2D eigenvalue weighted by Gasteiger charge is 2.36. The quantitative estimate of drug-likeness (QED) is 0.436. The van der Waals surface area contributed by atoms with Gasteiger partial charge in [0.1, 0.15) is 17.3 Å². The Morgan fingerprint density at radius 1 is 1.71 bits per heavy atom. The van der Waals surface area contributed by atoms with Crippen LogP contribution in [0, 0.1) is 11.3 Å².